The van der Waals surface area contributed by atoms with Crippen molar-refractivity contribution in [2.45, 2.75) is 36.8 Å². The molecular weight excluding hydrogens is 369 g/mol. The molecule has 2 aliphatic rings. The lowest BCUT2D eigenvalue weighted by molar-refractivity contribution is 0.0906. The maximum atomic E-state index is 13.4. The Morgan fingerprint density at radius 1 is 1.48 bits per heavy atom. The molecule has 0 radical (unpaired) electrons. The van der Waals surface area contributed by atoms with Gasteiger partial charge in [-0.3, -0.25) is 9.52 Å². The van der Waals surface area contributed by atoms with Crippen molar-refractivity contribution >= 4 is 23.5 Å². The zero-order valence-corrected chi connectivity index (χ0v) is 16.0. The molecule has 0 spiro atoms. The fourth-order valence-corrected chi connectivity index (χ4v) is 4.19. The summed E-state index contributed by atoms with van der Waals surface area (Å²) in [6.45, 7) is 1.94. The highest BCUT2D eigenvalue weighted by atomic mass is 32.2. The number of halogens is 1. The number of aliphatic hydroxyl groups excluding tert-OH is 1. The largest absolute Gasteiger partial charge is 0.488 e. The first-order chi connectivity index (χ1) is 12.9. The Bertz CT molecular complexity index is 881. The molecule has 0 bridgehead atoms. The highest BCUT2D eigenvalue weighted by Crippen LogP contribution is 2.39. The summed E-state index contributed by atoms with van der Waals surface area (Å²) in [4.78, 5) is 13.6. The smallest absolute Gasteiger partial charge is 0.276 e. The van der Waals surface area contributed by atoms with Crippen LogP contribution < -0.4 is 14.8 Å². The minimum atomic E-state index is -0.449. The highest BCUT2D eigenvalue weighted by Gasteiger charge is 2.37. The summed E-state index contributed by atoms with van der Waals surface area (Å²) in [7, 11) is 1.78. The Labute approximate surface area is 161 Å². The van der Waals surface area contributed by atoms with Crippen molar-refractivity contribution in [2.24, 2.45) is 13.0 Å². The molecule has 2 heterocycles. The van der Waals surface area contributed by atoms with Crippen LogP contribution in [0.5, 0.6) is 5.75 Å². The van der Waals surface area contributed by atoms with Gasteiger partial charge in [0.1, 0.15) is 12.4 Å². The predicted octanol–water partition coefficient (Wildman–Crippen LogP) is 2.85. The van der Waals surface area contributed by atoms with Crippen molar-refractivity contribution in [3.63, 3.8) is 0 Å². The number of hydrogen-bond acceptors (Lipinski definition) is 5. The van der Waals surface area contributed by atoms with E-state index in [1.165, 1.54) is 24.1 Å². The fourth-order valence-electron chi connectivity index (χ4n) is 3.25. The van der Waals surface area contributed by atoms with Gasteiger partial charge in [0.15, 0.2) is 11.4 Å². The molecule has 4 rings (SSSR count). The molecule has 8 heteroatoms. The molecule has 6 nitrogen and oxygen atoms in total. The second-order valence-corrected chi connectivity index (χ2v) is 8.05. The first-order valence-electron chi connectivity index (χ1n) is 8.94. The molecule has 1 amide bonds. The van der Waals surface area contributed by atoms with Crippen LogP contribution in [0.15, 0.2) is 29.3 Å². The van der Waals surface area contributed by atoms with Crippen LogP contribution in [0, 0.1) is 18.7 Å². The Hall–Kier alpha value is -2.03. The SMILES string of the molecule is Cc1cc(NC(=O)c2c3c(cn2C)SNC(C(O)C2CC2)CO3)ccc1F. The number of ether oxygens (including phenoxy) is 1. The molecule has 1 aliphatic carbocycles. The van der Waals surface area contributed by atoms with Gasteiger partial charge in [-0.2, -0.15) is 0 Å². The van der Waals surface area contributed by atoms with Crippen LogP contribution in [0.25, 0.3) is 0 Å². The molecule has 1 aromatic heterocycles. The molecule has 2 atom stereocenters. The second-order valence-electron chi connectivity index (χ2n) is 7.17. The van der Waals surface area contributed by atoms with E-state index in [1.807, 2.05) is 6.20 Å². The summed E-state index contributed by atoms with van der Waals surface area (Å²) in [5.74, 6) is 0.190. The Kier molecular flexibility index (Phi) is 4.88. The molecule has 1 fully saturated rings. The lowest BCUT2D eigenvalue weighted by atomic mass is 10.1. The molecule has 3 N–H and O–H groups in total. The van der Waals surface area contributed by atoms with Crippen molar-refractivity contribution in [3.8, 4) is 5.75 Å². The molecule has 1 aromatic carbocycles. The van der Waals surface area contributed by atoms with Gasteiger partial charge in [0, 0.05) is 18.9 Å². The fraction of sp³-hybridized carbons (Fsp3) is 0.421. The molecule has 0 saturated heterocycles. The maximum Gasteiger partial charge on any atom is 0.276 e. The quantitative estimate of drug-likeness (QED) is 0.699. The van der Waals surface area contributed by atoms with Crippen LogP contribution in [0.1, 0.15) is 28.9 Å². The van der Waals surface area contributed by atoms with E-state index in [-0.39, 0.29) is 24.4 Å². The van der Waals surface area contributed by atoms with Crippen molar-refractivity contribution in [3.05, 3.63) is 41.5 Å². The third-order valence-corrected chi connectivity index (χ3v) is 5.91. The van der Waals surface area contributed by atoms with Gasteiger partial charge in [-0.05, 0) is 61.4 Å². The molecular formula is C19H22FN3O3S. The third-order valence-electron chi connectivity index (χ3n) is 4.98. The minimum Gasteiger partial charge on any atom is -0.488 e. The number of carbonyl (C=O) groups is 1. The van der Waals surface area contributed by atoms with Crippen LogP contribution in [0.4, 0.5) is 10.1 Å². The Morgan fingerprint density at radius 3 is 2.96 bits per heavy atom. The molecule has 144 valence electrons. The lowest BCUT2D eigenvalue weighted by Crippen LogP contribution is -2.41. The Balaban J connectivity index is 1.53. The molecule has 2 aromatic rings. The van der Waals surface area contributed by atoms with Crippen molar-refractivity contribution < 1.29 is 19.0 Å². The van der Waals surface area contributed by atoms with Gasteiger partial charge in [-0.15, -0.1) is 0 Å². The van der Waals surface area contributed by atoms with Gasteiger partial charge in [-0.25, -0.2) is 4.39 Å². The Morgan fingerprint density at radius 2 is 2.26 bits per heavy atom. The van der Waals surface area contributed by atoms with Gasteiger partial charge in [-0.1, -0.05) is 0 Å². The minimum absolute atomic E-state index is 0.184. The summed E-state index contributed by atoms with van der Waals surface area (Å²) in [5, 5.41) is 13.2. The summed E-state index contributed by atoms with van der Waals surface area (Å²) in [5.41, 5.74) is 1.38. The molecule has 27 heavy (non-hydrogen) atoms. The number of carbonyl (C=O) groups excluding carboxylic acids is 1. The number of aliphatic hydroxyl groups is 1. The summed E-state index contributed by atoms with van der Waals surface area (Å²) < 4.78 is 24.3. The molecule has 1 saturated carbocycles. The summed E-state index contributed by atoms with van der Waals surface area (Å²) >= 11 is 1.37. The molecule has 2 unspecified atom stereocenters. The number of aromatic nitrogens is 1. The monoisotopic (exact) mass is 391 g/mol. The van der Waals surface area contributed by atoms with Crippen molar-refractivity contribution in [1.82, 2.24) is 9.29 Å². The van der Waals surface area contributed by atoms with Crippen LogP contribution in [0.3, 0.4) is 0 Å². The van der Waals surface area contributed by atoms with Gasteiger partial charge >= 0.3 is 0 Å². The maximum absolute atomic E-state index is 13.4. The van der Waals surface area contributed by atoms with E-state index in [2.05, 4.69) is 10.0 Å². The number of nitrogens with zero attached hydrogens (tertiary/aromatic N) is 1. The van der Waals surface area contributed by atoms with E-state index < -0.39 is 6.10 Å². The summed E-state index contributed by atoms with van der Waals surface area (Å²) in [6, 6.07) is 4.27. The summed E-state index contributed by atoms with van der Waals surface area (Å²) in [6.07, 6.45) is 3.46. The first-order valence-corrected chi connectivity index (χ1v) is 9.75. The number of benzene rings is 1. The van der Waals surface area contributed by atoms with E-state index in [0.29, 0.717) is 28.6 Å². The number of anilines is 1. The van der Waals surface area contributed by atoms with Crippen LogP contribution >= 0.6 is 11.9 Å². The zero-order valence-electron chi connectivity index (χ0n) is 15.2. The number of aryl methyl sites for hydroxylation is 2. The number of fused-ring (bicyclic) bond motifs is 1. The number of amides is 1. The van der Waals surface area contributed by atoms with E-state index in [0.717, 1.165) is 17.7 Å². The number of hydrogen-bond donors (Lipinski definition) is 3. The van der Waals surface area contributed by atoms with Crippen molar-refractivity contribution in [2.75, 3.05) is 11.9 Å². The topological polar surface area (TPSA) is 75.5 Å². The molecule has 1 aliphatic heterocycles. The average molecular weight is 391 g/mol. The first kappa shape index (κ1) is 18.3. The zero-order chi connectivity index (χ0) is 19.1. The van der Waals surface area contributed by atoms with Crippen LogP contribution in [0.2, 0.25) is 0 Å². The van der Waals surface area contributed by atoms with E-state index in [4.69, 9.17) is 4.74 Å². The van der Waals surface area contributed by atoms with Gasteiger partial charge in [0.05, 0.1) is 17.0 Å². The average Bonchev–Trinajstić information content (AvgIpc) is 3.44. The normalized spacial score (nSPS) is 20.4. The van der Waals surface area contributed by atoms with E-state index in [1.54, 1.807) is 24.6 Å². The standard InChI is InChI=1S/C19H22FN3O3S/c1-10-7-12(5-6-13(10)20)21-19(25)16-18-15(8-23(16)2)27-22-14(9-26-18)17(24)11-3-4-11/h5-8,11,14,17,22,24H,3-4,9H2,1-2H3,(H,21,25). The number of nitrogens with one attached hydrogen (secondary N) is 2. The van der Waals surface area contributed by atoms with E-state index >= 15 is 0 Å². The number of rotatable bonds is 4. The predicted molar refractivity (Wildman–Crippen MR) is 102 cm³/mol. The highest BCUT2D eigenvalue weighted by molar-refractivity contribution is 7.97. The third kappa shape index (κ3) is 3.69. The van der Waals surface area contributed by atoms with Gasteiger partial charge in [0.2, 0.25) is 0 Å². The van der Waals surface area contributed by atoms with Crippen LogP contribution in [-0.2, 0) is 7.05 Å². The van der Waals surface area contributed by atoms with Crippen LogP contribution in [-0.4, -0.2) is 34.3 Å². The lowest BCUT2D eigenvalue weighted by Gasteiger charge is -2.21. The van der Waals surface area contributed by atoms with Crippen molar-refractivity contribution in [1.29, 1.82) is 0 Å². The van der Waals surface area contributed by atoms with Gasteiger partial charge in [0.25, 0.3) is 5.91 Å². The second kappa shape index (κ2) is 7.18. The van der Waals surface area contributed by atoms with Gasteiger partial charge < -0.3 is 19.7 Å². The van der Waals surface area contributed by atoms with E-state index in [9.17, 15) is 14.3 Å².